The van der Waals surface area contributed by atoms with Crippen molar-refractivity contribution >= 4 is 0 Å². The normalized spacial score (nSPS) is 16.9. The van der Waals surface area contributed by atoms with Crippen molar-refractivity contribution in [3.8, 4) is 0 Å². The number of aliphatic hydroxyl groups is 1. The third-order valence-corrected chi connectivity index (χ3v) is 1.24. The van der Waals surface area contributed by atoms with Crippen LogP contribution in [-0.4, -0.2) is 29.5 Å². The molecule has 0 saturated heterocycles. The summed E-state index contributed by atoms with van der Waals surface area (Å²) in [6, 6.07) is 0. The van der Waals surface area contributed by atoms with Crippen molar-refractivity contribution in [3.63, 3.8) is 0 Å². The van der Waals surface area contributed by atoms with Gasteiger partial charge < -0.3 is 5.11 Å². The first-order valence-electron chi connectivity index (χ1n) is 3.07. The molecule has 0 aromatic rings. The highest BCUT2D eigenvalue weighted by molar-refractivity contribution is 4.81. The van der Waals surface area contributed by atoms with Crippen molar-refractivity contribution in [2.75, 3.05) is 0 Å². The summed E-state index contributed by atoms with van der Waals surface area (Å²) in [4.78, 5) is 0. The van der Waals surface area contributed by atoms with Crippen LogP contribution < -0.4 is 0 Å². The van der Waals surface area contributed by atoms with Crippen LogP contribution in [0.2, 0.25) is 0 Å². The zero-order valence-electron chi connectivity index (χ0n) is 6.26. The molecule has 0 aromatic heterocycles. The highest BCUT2D eigenvalue weighted by Gasteiger charge is 2.60. The van der Waals surface area contributed by atoms with E-state index in [9.17, 15) is 35.1 Å². The first-order chi connectivity index (χ1) is 5.88. The van der Waals surface area contributed by atoms with Gasteiger partial charge in [-0.3, -0.25) is 0 Å². The number of halogens is 8. The lowest BCUT2D eigenvalue weighted by Gasteiger charge is -2.23. The minimum absolute atomic E-state index is 2.72. The fourth-order valence-electron chi connectivity index (χ4n) is 0.474. The fourth-order valence-corrected chi connectivity index (χ4v) is 0.474. The van der Waals surface area contributed by atoms with E-state index in [2.05, 4.69) is 0 Å². The van der Waals surface area contributed by atoms with Crippen LogP contribution in [0.25, 0.3) is 0 Å². The minimum Gasteiger partial charge on any atom is -0.383 e. The summed E-state index contributed by atoms with van der Waals surface area (Å²) in [5, 5.41) is 7.98. The lowest BCUT2D eigenvalue weighted by Crippen LogP contribution is -2.43. The van der Waals surface area contributed by atoms with E-state index in [4.69, 9.17) is 5.11 Å². The molecule has 1 atom stereocenters. The van der Waals surface area contributed by atoms with Crippen molar-refractivity contribution < 1.29 is 40.2 Å². The molecule has 0 spiro atoms. The number of hydrogen-bond donors (Lipinski definition) is 1. The average molecular weight is 232 g/mol. The first kappa shape index (κ1) is 13.4. The number of alkyl halides is 8. The predicted molar refractivity (Wildman–Crippen MR) is 27.7 cm³/mol. The Morgan fingerprint density at radius 3 is 1.43 bits per heavy atom. The van der Waals surface area contributed by atoms with Gasteiger partial charge >= 0.3 is 18.3 Å². The Hall–Kier alpha value is -0.600. The molecule has 1 nitrogen and oxygen atoms in total. The Morgan fingerprint density at radius 2 is 1.21 bits per heavy atom. The largest absolute Gasteiger partial charge is 0.453 e. The van der Waals surface area contributed by atoms with Gasteiger partial charge in [-0.1, -0.05) is 0 Å². The lowest BCUT2D eigenvalue weighted by molar-refractivity contribution is -0.306. The molecule has 0 amide bonds. The summed E-state index contributed by atoms with van der Waals surface area (Å²) >= 11 is 0. The molecule has 0 bridgehead atoms. The fraction of sp³-hybridized carbons (Fsp3) is 1.00. The molecule has 0 aliphatic rings. The molecule has 1 unspecified atom stereocenters. The first-order valence-corrected chi connectivity index (χ1v) is 3.07. The molecule has 9 heteroatoms. The number of hydrogen-bond acceptors (Lipinski definition) is 1. The second-order valence-electron chi connectivity index (χ2n) is 2.46. The summed E-state index contributed by atoms with van der Waals surface area (Å²) in [7, 11) is 0. The van der Waals surface area contributed by atoms with E-state index in [1.54, 1.807) is 0 Å². The smallest absolute Gasteiger partial charge is 0.383 e. The quantitative estimate of drug-likeness (QED) is 0.725. The molecule has 0 heterocycles. The van der Waals surface area contributed by atoms with Crippen molar-refractivity contribution in [2.45, 2.75) is 30.8 Å². The van der Waals surface area contributed by atoms with Crippen LogP contribution in [0.1, 0.15) is 6.42 Å². The van der Waals surface area contributed by atoms with Crippen LogP contribution in [0.5, 0.6) is 0 Å². The van der Waals surface area contributed by atoms with E-state index in [0.29, 0.717) is 0 Å². The third kappa shape index (κ3) is 3.28. The molecular formula is C5H4F8O. The summed E-state index contributed by atoms with van der Waals surface area (Å²) in [6.45, 7) is 0. The minimum atomic E-state index is -6.10. The topological polar surface area (TPSA) is 20.2 Å². The van der Waals surface area contributed by atoms with Gasteiger partial charge in [0.25, 0.3) is 0 Å². The van der Waals surface area contributed by atoms with E-state index >= 15 is 0 Å². The Labute approximate surface area is 72.3 Å². The number of rotatable bonds is 2. The highest BCUT2D eigenvalue weighted by Crippen LogP contribution is 2.41. The van der Waals surface area contributed by atoms with Gasteiger partial charge in [0.2, 0.25) is 0 Å². The second kappa shape index (κ2) is 3.52. The van der Waals surface area contributed by atoms with Gasteiger partial charge in [-0.05, 0) is 0 Å². The Morgan fingerprint density at radius 1 is 0.857 bits per heavy atom. The van der Waals surface area contributed by atoms with Gasteiger partial charge in [0.15, 0.2) is 6.10 Å². The van der Waals surface area contributed by atoms with Crippen LogP contribution in [0.4, 0.5) is 35.1 Å². The molecule has 0 rings (SSSR count). The van der Waals surface area contributed by atoms with Crippen molar-refractivity contribution in [2.24, 2.45) is 0 Å². The van der Waals surface area contributed by atoms with Crippen molar-refractivity contribution in [1.29, 1.82) is 0 Å². The summed E-state index contributed by atoms with van der Waals surface area (Å²) in [6.07, 6.45) is -18.0. The van der Waals surface area contributed by atoms with Gasteiger partial charge in [-0.25, -0.2) is 0 Å². The molecular weight excluding hydrogens is 228 g/mol. The SMILES string of the molecule is OC(CC(F)(F)C(F)(F)F)C(F)(F)F. The van der Waals surface area contributed by atoms with Crippen LogP contribution in [-0.2, 0) is 0 Å². The van der Waals surface area contributed by atoms with Crippen molar-refractivity contribution in [3.05, 3.63) is 0 Å². The second-order valence-corrected chi connectivity index (χ2v) is 2.46. The van der Waals surface area contributed by atoms with E-state index in [1.807, 2.05) is 0 Å². The molecule has 0 aliphatic carbocycles. The number of aliphatic hydroxyl groups excluding tert-OH is 1. The highest BCUT2D eigenvalue weighted by atomic mass is 19.4. The maximum Gasteiger partial charge on any atom is 0.453 e. The summed E-state index contributed by atoms with van der Waals surface area (Å²) < 4.78 is 92.2. The van der Waals surface area contributed by atoms with Gasteiger partial charge in [0, 0.05) is 0 Å². The molecule has 0 radical (unpaired) electrons. The summed E-state index contributed by atoms with van der Waals surface area (Å²) in [5.41, 5.74) is 0. The molecule has 1 N–H and O–H groups in total. The molecule has 0 aromatic carbocycles. The maximum atomic E-state index is 11.9. The lowest BCUT2D eigenvalue weighted by atomic mass is 10.1. The standard InChI is InChI=1S/C5H4F8O/c6-3(7,5(11,12)13)1-2(14)4(8,9)10/h2,14H,1H2. The molecule has 86 valence electrons. The van der Waals surface area contributed by atoms with E-state index < -0.39 is 30.8 Å². The van der Waals surface area contributed by atoms with Crippen molar-refractivity contribution in [1.82, 2.24) is 0 Å². The maximum absolute atomic E-state index is 11.9. The van der Waals surface area contributed by atoms with Gasteiger partial charge in [-0.15, -0.1) is 0 Å². The Balaban J connectivity index is 4.53. The predicted octanol–water partition coefficient (Wildman–Crippen LogP) is 2.50. The zero-order valence-corrected chi connectivity index (χ0v) is 6.26. The molecule has 0 fully saturated rings. The van der Waals surface area contributed by atoms with Gasteiger partial charge in [0.1, 0.15) is 0 Å². The van der Waals surface area contributed by atoms with Crippen LogP contribution in [0, 0.1) is 0 Å². The van der Waals surface area contributed by atoms with Gasteiger partial charge in [-0.2, -0.15) is 35.1 Å². The van der Waals surface area contributed by atoms with Crippen LogP contribution >= 0.6 is 0 Å². The third-order valence-electron chi connectivity index (χ3n) is 1.24. The molecule has 0 aliphatic heterocycles. The van der Waals surface area contributed by atoms with E-state index in [-0.39, 0.29) is 0 Å². The van der Waals surface area contributed by atoms with Crippen LogP contribution in [0.3, 0.4) is 0 Å². The van der Waals surface area contributed by atoms with Crippen LogP contribution in [0.15, 0.2) is 0 Å². The Bertz CT molecular complexity index is 191. The zero-order chi connectivity index (χ0) is 11.8. The monoisotopic (exact) mass is 232 g/mol. The summed E-state index contributed by atoms with van der Waals surface area (Å²) in [5.74, 6) is -5.55. The average Bonchev–Trinajstić information content (AvgIpc) is 1.80. The molecule has 0 saturated carbocycles. The van der Waals surface area contributed by atoms with Gasteiger partial charge in [0.05, 0.1) is 6.42 Å². The Kier molecular flexibility index (Phi) is 3.37. The molecule has 14 heavy (non-hydrogen) atoms. The van der Waals surface area contributed by atoms with E-state index in [0.717, 1.165) is 0 Å². The van der Waals surface area contributed by atoms with E-state index in [1.165, 1.54) is 0 Å².